The molecule has 0 saturated heterocycles. The quantitative estimate of drug-likeness (QED) is 0.230. The molecule has 0 bridgehead atoms. The molecular formula is C26H21ClF6N2O2S. The molecule has 1 aliphatic heterocycles. The van der Waals surface area contributed by atoms with Crippen molar-refractivity contribution < 1.29 is 36.2 Å². The Bertz CT molecular complexity index is 1330. The van der Waals surface area contributed by atoms with Crippen LogP contribution in [0, 0.1) is 0 Å². The lowest BCUT2D eigenvalue weighted by molar-refractivity contribution is -0.376. The number of amides is 1. The van der Waals surface area contributed by atoms with Crippen molar-refractivity contribution in [3.05, 3.63) is 82.4 Å². The summed E-state index contributed by atoms with van der Waals surface area (Å²) in [5, 5.41) is 15.7. The summed E-state index contributed by atoms with van der Waals surface area (Å²) in [7, 11) is 0. The maximum Gasteiger partial charge on any atom is 0.430 e. The maximum absolute atomic E-state index is 13.1. The lowest BCUT2D eigenvalue weighted by atomic mass is 9.90. The third-order valence-corrected chi connectivity index (χ3v) is 7.37. The minimum absolute atomic E-state index is 0.110. The minimum Gasteiger partial charge on any atom is -0.369 e. The number of thioether (sulfide) groups is 1. The van der Waals surface area contributed by atoms with Crippen LogP contribution in [-0.2, 0) is 16.8 Å². The highest BCUT2D eigenvalue weighted by molar-refractivity contribution is 7.98. The van der Waals surface area contributed by atoms with Crippen LogP contribution in [0.4, 0.5) is 32.0 Å². The van der Waals surface area contributed by atoms with Gasteiger partial charge in [-0.25, -0.2) is 0 Å². The number of nitrogens with one attached hydrogen (secondary N) is 2. The number of aliphatic hydroxyl groups is 1. The second-order valence-electron chi connectivity index (χ2n) is 8.67. The third kappa shape index (κ3) is 5.25. The zero-order valence-corrected chi connectivity index (χ0v) is 21.2. The van der Waals surface area contributed by atoms with E-state index >= 15 is 0 Å². The van der Waals surface area contributed by atoms with Crippen LogP contribution in [-0.4, -0.2) is 36.2 Å². The predicted octanol–water partition coefficient (Wildman–Crippen LogP) is 6.87. The van der Waals surface area contributed by atoms with Gasteiger partial charge in [-0.1, -0.05) is 48.0 Å². The van der Waals surface area contributed by atoms with Gasteiger partial charge >= 0.3 is 12.4 Å². The monoisotopic (exact) mass is 574 g/mol. The smallest absolute Gasteiger partial charge is 0.369 e. The van der Waals surface area contributed by atoms with Crippen molar-refractivity contribution in [2.45, 2.75) is 35.3 Å². The Labute approximate surface area is 223 Å². The second kappa shape index (κ2) is 10.4. The Balaban J connectivity index is 1.54. The molecule has 3 N–H and O–H groups in total. The molecular weight excluding hydrogens is 554 g/mol. The van der Waals surface area contributed by atoms with Crippen molar-refractivity contribution in [2.24, 2.45) is 0 Å². The van der Waals surface area contributed by atoms with E-state index in [1.54, 1.807) is 11.8 Å². The van der Waals surface area contributed by atoms with Crippen molar-refractivity contribution >= 4 is 35.0 Å². The summed E-state index contributed by atoms with van der Waals surface area (Å²) in [6.45, 7) is 0.621. The van der Waals surface area contributed by atoms with E-state index < -0.39 is 29.6 Å². The van der Waals surface area contributed by atoms with Gasteiger partial charge in [0.1, 0.15) is 6.04 Å². The van der Waals surface area contributed by atoms with Gasteiger partial charge in [-0.05, 0) is 53.6 Å². The van der Waals surface area contributed by atoms with Gasteiger partial charge in [-0.3, -0.25) is 4.79 Å². The standard InChI is InChI=1S/C26H21ClF6N2O2S/c1-38-18-7-9-20-15(12-18)10-11-34-22(20)23(36)35-17-6-8-19(21(27)13-17)14-2-4-16(5-3-14)24(37,25(28,29)30)26(31,32)33/h2-9,12-13,22,34,37H,10-11H2,1H3,(H,35,36). The number of benzene rings is 3. The second-order valence-corrected chi connectivity index (χ2v) is 9.96. The molecule has 202 valence electrons. The molecule has 1 unspecified atom stereocenters. The number of carbonyl (C=O) groups is 1. The lowest BCUT2D eigenvalue weighted by Crippen LogP contribution is -2.53. The van der Waals surface area contributed by atoms with E-state index in [-0.39, 0.29) is 16.5 Å². The van der Waals surface area contributed by atoms with Crippen LogP contribution in [0.5, 0.6) is 0 Å². The Morgan fingerprint density at radius 2 is 1.66 bits per heavy atom. The topological polar surface area (TPSA) is 61.4 Å². The van der Waals surface area contributed by atoms with Crippen molar-refractivity contribution in [2.75, 3.05) is 18.1 Å². The van der Waals surface area contributed by atoms with Crippen LogP contribution in [0.15, 0.2) is 65.6 Å². The number of fused-ring (bicyclic) bond motifs is 1. The summed E-state index contributed by atoms with van der Waals surface area (Å²) in [6, 6.07) is 12.9. The first-order chi connectivity index (χ1) is 17.8. The Kier molecular flexibility index (Phi) is 7.77. The molecule has 0 radical (unpaired) electrons. The van der Waals surface area contributed by atoms with Crippen LogP contribution >= 0.6 is 23.4 Å². The van der Waals surface area contributed by atoms with Crippen molar-refractivity contribution in [3.63, 3.8) is 0 Å². The van der Waals surface area contributed by atoms with Crippen LogP contribution in [0.1, 0.15) is 22.7 Å². The third-order valence-electron chi connectivity index (χ3n) is 6.34. The number of hydrogen-bond donors (Lipinski definition) is 3. The van der Waals surface area contributed by atoms with Crippen LogP contribution in [0.25, 0.3) is 11.1 Å². The van der Waals surface area contributed by atoms with Gasteiger partial charge in [0.2, 0.25) is 5.91 Å². The number of halogens is 7. The SMILES string of the molecule is CSc1ccc2c(c1)CCNC2C(=O)Nc1ccc(-c2ccc(C(O)(C(F)(F)F)C(F)(F)F)cc2)c(Cl)c1. The van der Waals surface area contributed by atoms with Gasteiger partial charge in [-0.15, -0.1) is 11.8 Å². The molecule has 0 aromatic heterocycles. The van der Waals surface area contributed by atoms with Crippen molar-refractivity contribution in [3.8, 4) is 11.1 Å². The number of anilines is 1. The molecule has 1 heterocycles. The molecule has 3 aromatic carbocycles. The van der Waals surface area contributed by atoms with Crippen molar-refractivity contribution in [1.29, 1.82) is 0 Å². The van der Waals surface area contributed by atoms with Gasteiger partial charge < -0.3 is 15.7 Å². The molecule has 0 aliphatic carbocycles. The molecule has 38 heavy (non-hydrogen) atoms. The number of rotatable bonds is 5. The van der Waals surface area contributed by atoms with E-state index in [0.29, 0.717) is 29.9 Å². The largest absolute Gasteiger partial charge is 0.430 e. The molecule has 4 rings (SSSR count). The highest BCUT2D eigenvalue weighted by Crippen LogP contribution is 2.50. The van der Waals surface area contributed by atoms with Crippen LogP contribution in [0.3, 0.4) is 0 Å². The first-order valence-corrected chi connectivity index (χ1v) is 12.8. The molecule has 1 atom stereocenters. The highest BCUT2D eigenvalue weighted by Gasteiger charge is 2.71. The van der Waals surface area contributed by atoms with E-state index in [9.17, 15) is 36.2 Å². The maximum atomic E-state index is 13.1. The van der Waals surface area contributed by atoms with Gasteiger partial charge in [0.15, 0.2) is 0 Å². The molecule has 1 amide bonds. The fraction of sp³-hybridized carbons (Fsp3) is 0.269. The van der Waals surface area contributed by atoms with Gasteiger partial charge in [0, 0.05) is 28.3 Å². The van der Waals surface area contributed by atoms with Crippen LogP contribution in [0.2, 0.25) is 5.02 Å². The van der Waals surface area contributed by atoms with E-state index in [1.807, 2.05) is 18.4 Å². The van der Waals surface area contributed by atoms with Crippen LogP contribution < -0.4 is 10.6 Å². The number of hydrogen-bond acceptors (Lipinski definition) is 4. The van der Waals surface area contributed by atoms with E-state index in [0.717, 1.165) is 34.6 Å². The highest BCUT2D eigenvalue weighted by atomic mass is 35.5. The minimum atomic E-state index is -5.98. The summed E-state index contributed by atoms with van der Waals surface area (Å²) >= 11 is 7.95. The summed E-state index contributed by atoms with van der Waals surface area (Å²) in [4.78, 5) is 14.1. The van der Waals surface area contributed by atoms with E-state index in [2.05, 4.69) is 16.7 Å². The fourth-order valence-electron chi connectivity index (χ4n) is 4.32. The zero-order chi connectivity index (χ0) is 27.9. The fourth-order valence-corrected chi connectivity index (χ4v) is 5.08. The molecule has 0 fully saturated rings. The summed E-state index contributed by atoms with van der Waals surface area (Å²) in [6.07, 6.45) is -9.19. The number of alkyl halides is 6. The Hall–Kier alpha value is -2.73. The molecule has 4 nitrogen and oxygen atoms in total. The van der Waals surface area contributed by atoms with E-state index in [4.69, 9.17) is 11.6 Å². The van der Waals surface area contributed by atoms with E-state index in [1.165, 1.54) is 18.2 Å². The number of carbonyl (C=O) groups excluding carboxylic acids is 1. The van der Waals surface area contributed by atoms with Gasteiger partial charge in [0.25, 0.3) is 5.60 Å². The normalized spacial score (nSPS) is 16.2. The Morgan fingerprint density at radius 1 is 1.00 bits per heavy atom. The lowest BCUT2D eigenvalue weighted by Gasteiger charge is -2.32. The first-order valence-electron chi connectivity index (χ1n) is 11.2. The summed E-state index contributed by atoms with van der Waals surface area (Å²) in [5.41, 5.74) is -3.55. The van der Waals surface area contributed by atoms with Gasteiger partial charge in [-0.2, -0.15) is 26.3 Å². The molecule has 1 aliphatic rings. The summed E-state index contributed by atoms with van der Waals surface area (Å²) < 4.78 is 78.9. The Morgan fingerprint density at radius 3 is 2.24 bits per heavy atom. The molecule has 3 aromatic rings. The molecule has 12 heteroatoms. The van der Waals surface area contributed by atoms with Gasteiger partial charge in [0.05, 0.1) is 5.02 Å². The molecule has 0 saturated carbocycles. The zero-order valence-electron chi connectivity index (χ0n) is 19.7. The summed E-state index contributed by atoms with van der Waals surface area (Å²) in [5.74, 6) is -0.311. The predicted molar refractivity (Wildman–Crippen MR) is 134 cm³/mol. The average Bonchev–Trinajstić information content (AvgIpc) is 2.86. The first kappa shape index (κ1) is 28.3. The average molecular weight is 575 g/mol. The van der Waals surface area contributed by atoms with Crippen molar-refractivity contribution in [1.82, 2.24) is 5.32 Å². The molecule has 0 spiro atoms.